The van der Waals surface area contributed by atoms with Gasteiger partial charge in [0.05, 0.1) is 22.7 Å². The van der Waals surface area contributed by atoms with Gasteiger partial charge in [-0.25, -0.2) is 0 Å². The lowest BCUT2D eigenvalue weighted by Crippen LogP contribution is -2.39. The van der Waals surface area contributed by atoms with Crippen LogP contribution in [-0.4, -0.2) is 45.3 Å². The zero-order chi connectivity index (χ0) is 16.4. The SMILES string of the molecule is Cn1c(=O)ccc2ncc(C#N)c(CCN3CCC[C@@H](O)C3)c21. The minimum absolute atomic E-state index is 0.107. The Morgan fingerprint density at radius 2 is 2.30 bits per heavy atom. The molecule has 1 aliphatic heterocycles. The summed E-state index contributed by atoms with van der Waals surface area (Å²) in [6.07, 6.45) is 3.81. The van der Waals surface area contributed by atoms with Gasteiger partial charge in [-0.3, -0.25) is 9.78 Å². The summed E-state index contributed by atoms with van der Waals surface area (Å²) in [5, 5.41) is 19.2. The van der Waals surface area contributed by atoms with E-state index in [2.05, 4.69) is 16.0 Å². The van der Waals surface area contributed by atoms with Gasteiger partial charge in [0.15, 0.2) is 0 Å². The Morgan fingerprint density at radius 1 is 1.48 bits per heavy atom. The van der Waals surface area contributed by atoms with E-state index in [9.17, 15) is 15.2 Å². The second-order valence-corrected chi connectivity index (χ2v) is 6.07. The summed E-state index contributed by atoms with van der Waals surface area (Å²) < 4.78 is 1.56. The van der Waals surface area contributed by atoms with Crippen LogP contribution in [0.1, 0.15) is 24.0 Å². The van der Waals surface area contributed by atoms with E-state index >= 15 is 0 Å². The van der Waals surface area contributed by atoms with E-state index in [1.807, 2.05) is 0 Å². The predicted molar refractivity (Wildman–Crippen MR) is 87.1 cm³/mol. The van der Waals surface area contributed by atoms with Crippen molar-refractivity contribution in [3.63, 3.8) is 0 Å². The van der Waals surface area contributed by atoms with Crippen LogP contribution in [0.5, 0.6) is 0 Å². The van der Waals surface area contributed by atoms with Crippen LogP contribution < -0.4 is 5.56 Å². The molecule has 0 saturated carbocycles. The summed E-state index contributed by atoms with van der Waals surface area (Å²) >= 11 is 0. The molecule has 3 rings (SSSR count). The number of β-amino-alcohol motifs (C(OH)–C–C–N with tert-alkyl or cyclic N) is 1. The highest BCUT2D eigenvalue weighted by molar-refractivity contribution is 5.80. The van der Waals surface area contributed by atoms with Gasteiger partial charge in [0.2, 0.25) is 0 Å². The number of piperidine rings is 1. The average Bonchev–Trinajstić information content (AvgIpc) is 2.56. The molecular weight excluding hydrogens is 292 g/mol. The first kappa shape index (κ1) is 15.7. The van der Waals surface area contributed by atoms with Crippen molar-refractivity contribution >= 4 is 11.0 Å². The molecular formula is C17H20N4O2. The van der Waals surface area contributed by atoms with Gasteiger partial charge in [-0.2, -0.15) is 5.26 Å². The van der Waals surface area contributed by atoms with Crippen molar-refractivity contribution in [3.8, 4) is 6.07 Å². The van der Waals surface area contributed by atoms with Crippen molar-refractivity contribution in [2.45, 2.75) is 25.4 Å². The smallest absolute Gasteiger partial charge is 0.250 e. The second-order valence-electron chi connectivity index (χ2n) is 6.07. The van der Waals surface area contributed by atoms with Crippen LogP contribution in [0, 0.1) is 11.3 Å². The van der Waals surface area contributed by atoms with Gasteiger partial charge >= 0.3 is 0 Å². The van der Waals surface area contributed by atoms with Gasteiger partial charge < -0.3 is 14.6 Å². The van der Waals surface area contributed by atoms with Crippen molar-refractivity contribution in [1.29, 1.82) is 5.26 Å². The first-order valence-electron chi connectivity index (χ1n) is 7.88. The molecule has 6 heteroatoms. The number of pyridine rings is 2. The highest BCUT2D eigenvalue weighted by Crippen LogP contribution is 2.20. The summed E-state index contributed by atoms with van der Waals surface area (Å²) in [4.78, 5) is 18.4. The Balaban J connectivity index is 1.96. The molecule has 0 aliphatic carbocycles. The molecule has 120 valence electrons. The van der Waals surface area contributed by atoms with Crippen LogP contribution in [0.15, 0.2) is 23.1 Å². The van der Waals surface area contributed by atoms with E-state index in [1.165, 1.54) is 6.07 Å². The molecule has 2 aromatic heterocycles. The molecule has 6 nitrogen and oxygen atoms in total. The van der Waals surface area contributed by atoms with Crippen molar-refractivity contribution in [2.75, 3.05) is 19.6 Å². The second kappa shape index (κ2) is 6.49. The standard InChI is InChI=1S/C17H20N4O2/c1-20-16(23)5-4-15-17(20)14(12(9-18)10-19-15)6-8-21-7-2-3-13(22)11-21/h4-5,10,13,22H,2-3,6-8,11H2,1H3/t13-/m1/s1. The maximum absolute atomic E-state index is 11.9. The van der Waals surface area contributed by atoms with Crippen molar-refractivity contribution in [3.05, 3.63) is 39.8 Å². The Morgan fingerprint density at radius 3 is 3.04 bits per heavy atom. The van der Waals surface area contributed by atoms with Crippen molar-refractivity contribution in [2.24, 2.45) is 7.05 Å². The molecule has 0 bridgehead atoms. The minimum Gasteiger partial charge on any atom is -0.392 e. The number of aliphatic hydroxyl groups is 1. The van der Waals surface area contributed by atoms with E-state index in [0.29, 0.717) is 18.5 Å². The van der Waals surface area contributed by atoms with Crippen molar-refractivity contribution in [1.82, 2.24) is 14.5 Å². The van der Waals surface area contributed by atoms with Crippen molar-refractivity contribution < 1.29 is 5.11 Å². The lowest BCUT2D eigenvalue weighted by molar-refractivity contribution is 0.0714. The summed E-state index contributed by atoms with van der Waals surface area (Å²) in [6, 6.07) is 5.38. The number of nitrogens with zero attached hydrogens (tertiary/aromatic N) is 4. The number of aromatic nitrogens is 2. The summed E-state index contributed by atoms with van der Waals surface area (Å²) in [5.41, 5.74) is 2.71. The van der Waals surface area contributed by atoms with Crippen LogP contribution >= 0.6 is 0 Å². The summed E-state index contributed by atoms with van der Waals surface area (Å²) in [5.74, 6) is 0. The highest BCUT2D eigenvalue weighted by Gasteiger charge is 2.19. The molecule has 0 aromatic carbocycles. The fourth-order valence-electron chi connectivity index (χ4n) is 3.28. The monoisotopic (exact) mass is 312 g/mol. The third kappa shape index (κ3) is 3.11. The molecule has 0 amide bonds. The predicted octanol–water partition coefficient (Wildman–Crippen LogP) is 0.804. The number of hydrogen-bond acceptors (Lipinski definition) is 5. The Bertz CT molecular complexity index is 822. The van der Waals surface area contributed by atoms with Crippen LogP contribution in [0.3, 0.4) is 0 Å². The van der Waals surface area contributed by atoms with Gasteiger partial charge in [-0.15, -0.1) is 0 Å². The average molecular weight is 312 g/mol. The van der Waals surface area contributed by atoms with E-state index < -0.39 is 0 Å². The third-order valence-electron chi connectivity index (χ3n) is 4.52. The molecule has 3 heterocycles. The van der Waals surface area contributed by atoms with Gasteiger partial charge in [-0.05, 0) is 37.4 Å². The number of nitriles is 1. The number of rotatable bonds is 3. The Labute approximate surface area is 134 Å². The van der Waals surface area contributed by atoms with E-state index in [1.54, 1.807) is 23.9 Å². The first-order valence-corrected chi connectivity index (χ1v) is 7.88. The first-order chi connectivity index (χ1) is 11.1. The topological polar surface area (TPSA) is 82.2 Å². The number of aliphatic hydroxyl groups excluding tert-OH is 1. The molecule has 23 heavy (non-hydrogen) atoms. The minimum atomic E-state index is -0.266. The number of likely N-dealkylation sites (tertiary alicyclic amines) is 1. The number of aryl methyl sites for hydroxylation is 1. The Kier molecular flexibility index (Phi) is 4.42. The van der Waals surface area contributed by atoms with Crippen LogP contribution in [0.25, 0.3) is 11.0 Å². The molecule has 1 fully saturated rings. The summed E-state index contributed by atoms with van der Waals surface area (Å²) in [6.45, 7) is 2.39. The molecule has 1 saturated heterocycles. The number of hydrogen-bond donors (Lipinski definition) is 1. The fraction of sp³-hybridized carbons (Fsp3) is 0.471. The lowest BCUT2D eigenvalue weighted by Gasteiger charge is -2.30. The van der Waals surface area contributed by atoms with Crippen LogP contribution in [0.4, 0.5) is 0 Å². The zero-order valence-electron chi connectivity index (χ0n) is 13.2. The molecule has 1 atom stereocenters. The number of fused-ring (bicyclic) bond motifs is 1. The maximum Gasteiger partial charge on any atom is 0.250 e. The zero-order valence-corrected chi connectivity index (χ0v) is 13.2. The van der Waals surface area contributed by atoms with E-state index in [0.717, 1.165) is 42.5 Å². The largest absolute Gasteiger partial charge is 0.392 e. The summed E-state index contributed by atoms with van der Waals surface area (Å²) in [7, 11) is 1.71. The van der Waals surface area contributed by atoms with E-state index in [-0.39, 0.29) is 11.7 Å². The molecule has 1 aliphatic rings. The van der Waals surface area contributed by atoms with E-state index in [4.69, 9.17) is 0 Å². The quantitative estimate of drug-likeness (QED) is 0.907. The molecule has 1 N–H and O–H groups in total. The van der Waals surface area contributed by atoms with Gasteiger partial charge in [0.25, 0.3) is 5.56 Å². The normalized spacial score (nSPS) is 18.9. The Hall–Kier alpha value is -2.23. The van der Waals surface area contributed by atoms with Crippen LogP contribution in [-0.2, 0) is 13.5 Å². The lowest BCUT2D eigenvalue weighted by atomic mass is 10.0. The van der Waals surface area contributed by atoms with Gasteiger partial charge in [-0.1, -0.05) is 0 Å². The highest BCUT2D eigenvalue weighted by atomic mass is 16.3. The van der Waals surface area contributed by atoms with Crippen LogP contribution in [0.2, 0.25) is 0 Å². The molecule has 0 radical (unpaired) electrons. The molecule has 2 aromatic rings. The van der Waals surface area contributed by atoms with Gasteiger partial charge in [0, 0.05) is 32.4 Å². The van der Waals surface area contributed by atoms with Gasteiger partial charge in [0.1, 0.15) is 6.07 Å². The fourth-order valence-corrected chi connectivity index (χ4v) is 3.28. The molecule has 0 spiro atoms. The third-order valence-corrected chi connectivity index (χ3v) is 4.52. The molecule has 0 unspecified atom stereocenters. The maximum atomic E-state index is 11.9.